The van der Waals surface area contributed by atoms with Crippen LogP contribution in [0.4, 0.5) is 4.39 Å². The molecule has 0 saturated carbocycles. The first-order valence-corrected chi connectivity index (χ1v) is 4.83. The summed E-state index contributed by atoms with van der Waals surface area (Å²) in [5, 5.41) is 9.28. The van der Waals surface area contributed by atoms with Crippen LogP contribution in [-0.4, -0.2) is 12.2 Å². The Labute approximate surface area is 92.9 Å². The van der Waals surface area contributed by atoms with E-state index in [-0.39, 0.29) is 5.75 Å². The molecule has 2 aromatic carbocycles. The molecule has 2 rings (SSSR count). The van der Waals surface area contributed by atoms with Crippen molar-refractivity contribution in [3.05, 3.63) is 48.3 Å². The Hall–Kier alpha value is -2.03. The molecule has 82 valence electrons. The highest BCUT2D eigenvalue weighted by atomic mass is 19.1. The number of hydrogen-bond acceptors (Lipinski definition) is 2. The van der Waals surface area contributed by atoms with E-state index in [0.717, 1.165) is 16.9 Å². The quantitative estimate of drug-likeness (QED) is 0.838. The second kappa shape index (κ2) is 4.23. The number of phenols is 1. The Bertz CT molecular complexity index is 509. The van der Waals surface area contributed by atoms with E-state index in [0.29, 0.717) is 0 Å². The van der Waals surface area contributed by atoms with Gasteiger partial charge in [-0.2, -0.15) is 0 Å². The Kier molecular flexibility index (Phi) is 2.77. The molecule has 0 amide bonds. The second-order valence-electron chi connectivity index (χ2n) is 3.40. The summed E-state index contributed by atoms with van der Waals surface area (Å²) in [7, 11) is 1.58. The van der Waals surface area contributed by atoms with E-state index in [2.05, 4.69) is 0 Å². The van der Waals surface area contributed by atoms with Crippen LogP contribution >= 0.6 is 0 Å². The fourth-order valence-electron chi connectivity index (χ4n) is 1.49. The average Bonchev–Trinajstić information content (AvgIpc) is 2.33. The second-order valence-corrected chi connectivity index (χ2v) is 3.40. The molecule has 0 spiro atoms. The van der Waals surface area contributed by atoms with Crippen LogP contribution in [-0.2, 0) is 0 Å². The normalized spacial score (nSPS) is 10.1. The molecule has 1 N–H and O–H groups in total. The summed E-state index contributed by atoms with van der Waals surface area (Å²) in [5.41, 5.74) is 1.62. The van der Waals surface area contributed by atoms with Gasteiger partial charge in [-0.1, -0.05) is 18.2 Å². The maximum absolute atomic E-state index is 12.9. The number of aromatic hydroxyl groups is 1. The maximum atomic E-state index is 12.9. The van der Waals surface area contributed by atoms with Gasteiger partial charge in [0.2, 0.25) is 0 Å². The molecular formula is C13H11FO2. The highest BCUT2D eigenvalue weighted by Gasteiger charge is 2.04. The number of methoxy groups -OCH3 is 1. The first kappa shape index (κ1) is 10.5. The number of phenolic OH excluding ortho intramolecular Hbond substituents is 1. The Morgan fingerprint density at radius 1 is 1.06 bits per heavy atom. The average molecular weight is 218 g/mol. The monoisotopic (exact) mass is 218 g/mol. The van der Waals surface area contributed by atoms with Crippen LogP contribution in [0.5, 0.6) is 11.5 Å². The lowest BCUT2D eigenvalue weighted by molar-refractivity contribution is 0.415. The summed E-state index contributed by atoms with van der Waals surface area (Å²) in [6.07, 6.45) is 0. The van der Waals surface area contributed by atoms with Crippen LogP contribution in [0.25, 0.3) is 11.1 Å². The van der Waals surface area contributed by atoms with Gasteiger partial charge in [-0.05, 0) is 35.4 Å². The summed E-state index contributed by atoms with van der Waals surface area (Å²) < 4.78 is 18.0. The van der Waals surface area contributed by atoms with Crippen LogP contribution in [0, 0.1) is 5.82 Å². The van der Waals surface area contributed by atoms with Crippen molar-refractivity contribution in [1.29, 1.82) is 0 Å². The van der Waals surface area contributed by atoms with E-state index in [9.17, 15) is 9.50 Å². The SMILES string of the molecule is COc1cccc(-c2ccc(F)c(O)c2)c1. The van der Waals surface area contributed by atoms with E-state index < -0.39 is 5.82 Å². The smallest absolute Gasteiger partial charge is 0.164 e. The third-order valence-electron chi connectivity index (χ3n) is 2.35. The predicted octanol–water partition coefficient (Wildman–Crippen LogP) is 3.21. The van der Waals surface area contributed by atoms with Crippen LogP contribution in [0.3, 0.4) is 0 Å². The molecule has 2 aromatic rings. The lowest BCUT2D eigenvalue weighted by Gasteiger charge is -2.05. The Morgan fingerprint density at radius 3 is 2.50 bits per heavy atom. The minimum atomic E-state index is -0.619. The fourth-order valence-corrected chi connectivity index (χ4v) is 1.49. The number of rotatable bonds is 2. The van der Waals surface area contributed by atoms with Crippen LogP contribution in [0.1, 0.15) is 0 Å². The standard InChI is InChI=1S/C13H11FO2/c1-16-11-4-2-3-9(7-11)10-5-6-12(14)13(15)8-10/h2-8,15H,1H3. The molecule has 0 aliphatic heterocycles. The molecule has 0 radical (unpaired) electrons. The zero-order valence-corrected chi connectivity index (χ0v) is 8.77. The molecule has 0 fully saturated rings. The van der Waals surface area contributed by atoms with E-state index >= 15 is 0 Å². The van der Waals surface area contributed by atoms with Gasteiger partial charge in [0.05, 0.1) is 7.11 Å². The fraction of sp³-hybridized carbons (Fsp3) is 0.0769. The van der Waals surface area contributed by atoms with Crippen molar-refractivity contribution >= 4 is 0 Å². The van der Waals surface area contributed by atoms with Crippen LogP contribution in [0.2, 0.25) is 0 Å². The number of benzene rings is 2. The third kappa shape index (κ3) is 1.98. The minimum absolute atomic E-state index is 0.347. The Morgan fingerprint density at radius 2 is 1.81 bits per heavy atom. The molecule has 0 aromatic heterocycles. The van der Waals surface area contributed by atoms with Crippen LogP contribution < -0.4 is 4.74 Å². The van der Waals surface area contributed by atoms with Crippen molar-refractivity contribution in [1.82, 2.24) is 0 Å². The van der Waals surface area contributed by atoms with Crippen LogP contribution in [0.15, 0.2) is 42.5 Å². The lowest BCUT2D eigenvalue weighted by atomic mass is 10.1. The number of hydrogen-bond donors (Lipinski definition) is 1. The number of halogens is 1. The molecule has 3 heteroatoms. The molecule has 2 nitrogen and oxygen atoms in total. The minimum Gasteiger partial charge on any atom is -0.505 e. The van der Waals surface area contributed by atoms with E-state index in [1.807, 2.05) is 24.3 Å². The first-order chi connectivity index (χ1) is 7.70. The Balaban J connectivity index is 2.46. The van der Waals surface area contributed by atoms with Crippen molar-refractivity contribution in [2.75, 3.05) is 7.11 Å². The summed E-state index contributed by atoms with van der Waals surface area (Å²) in [6.45, 7) is 0. The molecule has 0 unspecified atom stereocenters. The van der Waals surface area contributed by atoms with Gasteiger partial charge in [0.25, 0.3) is 0 Å². The molecular weight excluding hydrogens is 207 g/mol. The zero-order valence-electron chi connectivity index (χ0n) is 8.77. The van der Waals surface area contributed by atoms with Gasteiger partial charge in [-0.15, -0.1) is 0 Å². The largest absolute Gasteiger partial charge is 0.505 e. The summed E-state index contributed by atoms with van der Waals surface area (Å²) in [4.78, 5) is 0. The van der Waals surface area contributed by atoms with Crippen molar-refractivity contribution in [2.24, 2.45) is 0 Å². The zero-order chi connectivity index (χ0) is 11.5. The van der Waals surface area contributed by atoms with Gasteiger partial charge in [0.1, 0.15) is 5.75 Å². The molecule has 0 aliphatic carbocycles. The highest BCUT2D eigenvalue weighted by Crippen LogP contribution is 2.27. The van der Waals surface area contributed by atoms with E-state index in [4.69, 9.17) is 4.74 Å². The van der Waals surface area contributed by atoms with Crippen molar-refractivity contribution < 1.29 is 14.2 Å². The van der Waals surface area contributed by atoms with Gasteiger partial charge < -0.3 is 9.84 Å². The lowest BCUT2D eigenvalue weighted by Crippen LogP contribution is -1.84. The topological polar surface area (TPSA) is 29.5 Å². The van der Waals surface area contributed by atoms with Crippen molar-refractivity contribution in [3.8, 4) is 22.6 Å². The molecule has 0 bridgehead atoms. The molecule has 0 aliphatic rings. The van der Waals surface area contributed by atoms with Gasteiger partial charge in [-0.3, -0.25) is 0 Å². The van der Waals surface area contributed by atoms with Crippen molar-refractivity contribution in [2.45, 2.75) is 0 Å². The summed E-state index contributed by atoms with van der Waals surface area (Å²) in [5.74, 6) is -0.242. The van der Waals surface area contributed by atoms with Gasteiger partial charge >= 0.3 is 0 Å². The van der Waals surface area contributed by atoms with Gasteiger partial charge in [0.15, 0.2) is 11.6 Å². The van der Waals surface area contributed by atoms with E-state index in [1.54, 1.807) is 13.2 Å². The first-order valence-electron chi connectivity index (χ1n) is 4.83. The third-order valence-corrected chi connectivity index (χ3v) is 2.35. The number of ether oxygens (including phenoxy) is 1. The molecule has 0 heterocycles. The molecule has 16 heavy (non-hydrogen) atoms. The summed E-state index contributed by atoms with van der Waals surface area (Å²) >= 11 is 0. The van der Waals surface area contributed by atoms with Crippen molar-refractivity contribution in [3.63, 3.8) is 0 Å². The van der Waals surface area contributed by atoms with E-state index in [1.165, 1.54) is 12.1 Å². The summed E-state index contributed by atoms with van der Waals surface area (Å²) in [6, 6.07) is 11.6. The van der Waals surface area contributed by atoms with Gasteiger partial charge in [-0.25, -0.2) is 4.39 Å². The highest BCUT2D eigenvalue weighted by molar-refractivity contribution is 5.66. The predicted molar refractivity (Wildman–Crippen MR) is 60.1 cm³/mol. The molecule has 0 atom stereocenters. The maximum Gasteiger partial charge on any atom is 0.164 e. The molecule has 0 saturated heterocycles. The van der Waals surface area contributed by atoms with Gasteiger partial charge in [0, 0.05) is 0 Å².